The van der Waals surface area contributed by atoms with Gasteiger partial charge in [0, 0.05) is 31.7 Å². The number of aromatic amines is 1. The zero-order valence-corrected chi connectivity index (χ0v) is 10.4. The van der Waals surface area contributed by atoms with Gasteiger partial charge in [0.15, 0.2) is 11.5 Å². The molecule has 1 aliphatic heterocycles. The highest BCUT2D eigenvalue weighted by atomic mass is 16.3. The summed E-state index contributed by atoms with van der Waals surface area (Å²) < 4.78 is 5.24. The van der Waals surface area contributed by atoms with Crippen LogP contribution in [0.3, 0.4) is 0 Å². The van der Waals surface area contributed by atoms with Crippen molar-refractivity contribution in [3.8, 4) is 11.5 Å². The van der Waals surface area contributed by atoms with Gasteiger partial charge in [0.05, 0.1) is 6.26 Å². The van der Waals surface area contributed by atoms with Crippen LogP contribution in [-0.2, 0) is 0 Å². The Balaban J connectivity index is 1.74. The van der Waals surface area contributed by atoms with Crippen molar-refractivity contribution in [3.05, 3.63) is 30.2 Å². The lowest BCUT2D eigenvalue weighted by molar-refractivity contribution is 0.0776. The molecule has 1 amide bonds. The predicted molar refractivity (Wildman–Crippen MR) is 67.4 cm³/mol. The SMILES string of the molecule is O=C(c1cc(-c2ccco2)[nH]n1)N1CCC(CO)C1. The Morgan fingerprint density at radius 3 is 3.21 bits per heavy atom. The average molecular weight is 261 g/mol. The quantitative estimate of drug-likeness (QED) is 0.867. The highest BCUT2D eigenvalue weighted by Gasteiger charge is 2.27. The molecule has 6 nitrogen and oxygen atoms in total. The van der Waals surface area contributed by atoms with E-state index >= 15 is 0 Å². The van der Waals surface area contributed by atoms with Crippen molar-refractivity contribution in [1.29, 1.82) is 0 Å². The normalized spacial score (nSPS) is 19.0. The van der Waals surface area contributed by atoms with Gasteiger partial charge in [-0.05, 0) is 18.6 Å². The van der Waals surface area contributed by atoms with Gasteiger partial charge in [0.2, 0.25) is 0 Å². The number of carbonyl (C=O) groups excluding carboxylic acids is 1. The molecule has 0 saturated carbocycles. The summed E-state index contributed by atoms with van der Waals surface area (Å²) in [6.07, 6.45) is 2.42. The number of H-pyrrole nitrogens is 1. The van der Waals surface area contributed by atoms with Gasteiger partial charge in [-0.1, -0.05) is 0 Å². The zero-order valence-electron chi connectivity index (χ0n) is 10.4. The van der Waals surface area contributed by atoms with Crippen molar-refractivity contribution in [1.82, 2.24) is 15.1 Å². The molecule has 19 heavy (non-hydrogen) atoms. The van der Waals surface area contributed by atoms with E-state index in [2.05, 4.69) is 10.2 Å². The van der Waals surface area contributed by atoms with Crippen molar-refractivity contribution in [2.75, 3.05) is 19.7 Å². The first kappa shape index (κ1) is 12.0. The van der Waals surface area contributed by atoms with Crippen LogP contribution in [0.1, 0.15) is 16.9 Å². The van der Waals surface area contributed by atoms with E-state index in [1.807, 2.05) is 0 Å². The van der Waals surface area contributed by atoms with Crippen LogP contribution in [0.5, 0.6) is 0 Å². The zero-order chi connectivity index (χ0) is 13.2. The van der Waals surface area contributed by atoms with Gasteiger partial charge in [-0.15, -0.1) is 0 Å². The molecule has 2 N–H and O–H groups in total. The van der Waals surface area contributed by atoms with E-state index in [1.165, 1.54) is 0 Å². The summed E-state index contributed by atoms with van der Waals surface area (Å²) in [4.78, 5) is 13.9. The Morgan fingerprint density at radius 1 is 1.63 bits per heavy atom. The first-order valence-corrected chi connectivity index (χ1v) is 6.27. The van der Waals surface area contributed by atoms with Crippen molar-refractivity contribution >= 4 is 5.91 Å². The molecule has 0 aromatic carbocycles. The van der Waals surface area contributed by atoms with Crippen LogP contribution >= 0.6 is 0 Å². The Labute approximate surface area is 110 Å². The van der Waals surface area contributed by atoms with Crippen LogP contribution < -0.4 is 0 Å². The average Bonchev–Trinajstić information content (AvgIpc) is 3.16. The molecule has 1 fully saturated rings. The molecule has 1 aliphatic rings. The summed E-state index contributed by atoms with van der Waals surface area (Å²) in [5.74, 6) is 0.735. The standard InChI is InChI=1S/C13H15N3O3/c17-8-9-3-4-16(7-9)13(18)11-6-10(14-15-11)12-2-1-5-19-12/h1-2,5-6,9,17H,3-4,7-8H2,(H,14,15). The number of aromatic nitrogens is 2. The molecule has 0 spiro atoms. The van der Waals surface area contributed by atoms with Gasteiger partial charge in [-0.2, -0.15) is 5.10 Å². The van der Waals surface area contributed by atoms with Gasteiger partial charge < -0.3 is 14.4 Å². The molecule has 1 atom stereocenters. The summed E-state index contributed by atoms with van der Waals surface area (Å²) in [6.45, 7) is 1.40. The van der Waals surface area contributed by atoms with Crippen molar-refractivity contribution in [2.24, 2.45) is 5.92 Å². The number of amides is 1. The number of aliphatic hydroxyl groups is 1. The predicted octanol–water partition coefficient (Wildman–Crippen LogP) is 1.12. The third-order valence-corrected chi connectivity index (χ3v) is 3.41. The Morgan fingerprint density at radius 2 is 2.53 bits per heavy atom. The second-order valence-electron chi connectivity index (χ2n) is 4.73. The molecule has 0 radical (unpaired) electrons. The fourth-order valence-corrected chi connectivity index (χ4v) is 2.32. The van der Waals surface area contributed by atoms with E-state index in [4.69, 9.17) is 9.52 Å². The van der Waals surface area contributed by atoms with E-state index < -0.39 is 0 Å². The number of carbonyl (C=O) groups is 1. The Bertz CT molecular complexity index is 561. The topological polar surface area (TPSA) is 82.4 Å². The number of hydrogen-bond acceptors (Lipinski definition) is 4. The molecule has 2 aromatic heterocycles. The summed E-state index contributed by atoms with van der Waals surface area (Å²) in [5, 5.41) is 15.9. The van der Waals surface area contributed by atoms with Crippen LogP contribution in [0.25, 0.3) is 11.5 Å². The van der Waals surface area contributed by atoms with Gasteiger partial charge in [0.25, 0.3) is 5.91 Å². The maximum atomic E-state index is 12.2. The fourth-order valence-electron chi connectivity index (χ4n) is 2.32. The summed E-state index contributed by atoms with van der Waals surface area (Å²) in [6, 6.07) is 5.27. The second-order valence-corrected chi connectivity index (χ2v) is 4.73. The largest absolute Gasteiger partial charge is 0.463 e. The number of likely N-dealkylation sites (tertiary alicyclic amines) is 1. The third-order valence-electron chi connectivity index (χ3n) is 3.41. The monoisotopic (exact) mass is 261 g/mol. The number of aliphatic hydroxyl groups excluding tert-OH is 1. The van der Waals surface area contributed by atoms with Crippen LogP contribution in [-0.4, -0.2) is 45.8 Å². The van der Waals surface area contributed by atoms with Crippen LogP contribution in [0.15, 0.2) is 28.9 Å². The minimum atomic E-state index is -0.106. The van der Waals surface area contributed by atoms with Crippen LogP contribution in [0.4, 0.5) is 0 Å². The Kier molecular flexibility index (Phi) is 3.08. The Hall–Kier alpha value is -2.08. The number of furan rings is 1. The molecule has 0 bridgehead atoms. The lowest BCUT2D eigenvalue weighted by atomic mass is 10.1. The van der Waals surface area contributed by atoms with Gasteiger partial charge in [-0.3, -0.25) is 9.89 Å². The van der Waals surface area contributed by atoms with Gasteiger partial charge in [0.1, 0.15) is 5.69 Å². The highest BCUT2D eigenvalue weighted by molar-refractivity contribution is 5.93. The molecule has 1 unspecified atom stereocenters. The number of nitrogens with one attached hydrogen (secondary N) is 1. The number of rotatable bonds is 3. The molecular weight excluding hydrogens is 246 g/mol. The van der Waals surface area contributed by atoms with E-state index in [0.29, 0.717) is 30.2 Å². The summed E-state index contributed by atoms with van der Waals surface area (Å²) in [5.41, 5.74) is 1.07. The molecule has 0 aliphatic carbocycles. The minimum Gasteiger partial charge on any atom is -0.463 e. The van der Waals surface area contributed by atoms with Gasteiger partial charge >= 0.3 is 0 Å². The smallest absolute Gasteiger partial charge is 0.274 e. The summed E-state index contributed by atoms with van der Waals surface area (Å²) in [7, 11) is 0. The first-order chi connectivity index (χ1) is 9.28. The molecular formula is C13H15N3O3. The maximum absolute atomic E-state index is 12.2. The molecule has 6 heteroatoms. The van der Waals surface area contributed by atoms with E-state index in [1.54, 1.807) is 29.4 Å². The van der Waals surface area contributed by atoms with E-state index in [9.17, 15) is 4.79 Å². The molecule has 2 aromatic rings. The number of nitrogens with zero attached hydrogens (tertiary/aromatic N) is 2. The highest BCUT2D eigenvalue weighted by Crippen LogP contribution is 2.21. The maximum Gasteiger partial charge on any atom is 0.274 e. The van der Waals surface area contributed by atoms with Crippen LogP contribution in [0.2, 0.25) is 0 Å². The third kappa shape index (κ3) is 2.26. The second kappa shape index (κ2) is 4.89. The molecule has 3 rings (SSSR count). The van der Waals surface area contributed by atoms with Crippen LogP contribution in [0, 0.1) is 5.92 Å². The molecule has 3 heterocycles. The van der Waals surface area contributed by atoms with E-state index in [-0.39, 0.29) is 18.4 Å². The van der Waals surface area contributed by atoms with E-state index in [0.717, 1.165) is 6.42 Å². The fraction of sp³-hybridized carbons (Fsp3) is 0.385. The van der Waals surface area contributed by atoms with Crippen molar-refractivity contribution in [2.45, 2.75) is 6.42 Å². The molecule has 100 valence electrons. The summed E-state index contributed by atoms with van der Waals surface area (Å²) >= 11 is 0. The first-order valence-electron chi connectivity index (χ1n) is 6.27. The van der Waals surface area contributed by atoms with Crippen molar-refractivity contribution < 1.29 is 14.3 Å². The minimum absolute atomic E-state index is 0.106. The number of hydrogen-bond donors (Lipinski definition) is 2. The van der Waals surface area contributed by atoms with Crippen molar-refractivity contribution in [3.63, 3.8) is 0 Å². The lowest BCUT2D eigenvalue weighted by Gasteiger charge is -2.14. The lowest BCUT2D eigenvalue weighted by Crippen LogP contribution is -2.29. The van der Waals surface area contributed by atoms with Gasteiger partial charge in [-0.25, -0.2) is 0 Å². The molecule has 1 saturated heterocycles.